The van der Waals surface area contributed by atoms with E-state index in [1.807, 2.05) is 44.2 Å². The highest BCUT2D eigenvalue weighted by molar-refractivity contribution is 6.07. The number of rotatable bonds is 7. The van der Waals surface area contributed by atoms with Gasteiger partial charge in [0, 0.05) is 18.9 Å². The second-order valence-corrected chi connectivity index (χ2v) is 5.32. The lowest BCUT2D eigenvalue weighted by Gasteiger charge is -2.53. The molecule has 0 spiro atoms. The van der Waals surface area contributed by atoms with Crippen molar-refractivity contribution in [3.63, 3.8) is 0 Å². The molecular weight excluding hydrogens is 310 g/mol. The van der Waals surface area contributed by atoms with Crippen LogP contribution in [0.1, 0.15) is 25.6 Å². The summed E-state index contributed by atoms with van der Waals surface area (Å²) in [6.45, 7) is 4.39. The molecule has 1 aromatic carbocycles. The zero-order chi connectivity index (χ0) is 17.2. The maximum Gasteiger partial charge on any atom is 0.291 e. The van der Waals surface area contributed by atoms with Crippen molar-refractivity contribution in [3.05, 3.63) is 48.4 Å². The summed E-state index contributed by atoms with van der Waals surface area (Å²) in [6.07, 6.45) is 1.58. The molecule has 1 amide bonds. The van der Waals surface area contributed by atoms with Gasteiger partial charge in [-0.3, -0.25) is 9.69 Å². The monoisotopic (exact) mass is 331 g/mol. The number of carbonyl (C=O) groups is 1. The van der Waals surface area contributed by atoms with Crippen LogP contribution < -0.4 is 9.64 Å². The summed E-state index contributed by atoms with van der Waals surface area (Å²) < 4.78 is 22.2. The van der Waals surface area contributed by atoms with Gasteiger partial charge in [0.1, 0.15) is 11.5 Å². The van der Waals surface area contributed by atoms with Crippen molar-refractivity contribution in [2.24, 2.45) is 0 Å². The first-order valence-electron chi connectivity index (χ1n) is 7.97. The number of furan rings is 1. The minimum absolute atomic E-state index is 0.238. The van der Waals surface area contributed by atoms with Crippen molar-refractivity contribution in [1.82, 2.24) is 0 Å². The SMILES string of the molecule is CCOC1(OCC)C(=O)N(c2ccc(OC)cc2)C1c1ccco1. The third kappa shape index (κ3) is 2.48. The Morgan fingerprint density at radius 1 is 1.12 bits per heavy atom. The number of benzene rings is 1. The van der Waals surface area contributed by atoms with Crippen LogP contribution in [0.2, 0.25) is 0 Å². The van der Waals surface area contributed by atoms with Gasteiger partial charge in [-0.1, -0.05) is 0 Å². The lowest BCUT2D eigenvalue weighted by atomic mass is 9.89. The molecule has 2 aromatic rings. The van der Waals surface area contributed by atoms with Crippen molar-refractivity contribution in [2.45, 2.75) is 25.7 Å². The molecule has 2 heterocycles. The molecule has 0 bridgehead atoms. The third-order valence-electron chi connectivity index (χ3n) is 4.02. The van der Waals surface area contributed by atoms with Crippen molar-refractivity contribution >= 4 is 11.6 Å². The first kappa shape index (κ1) is 16.5. The summed E-state index contributed by atoms with van der Waals surface area (Å²) in [7, 11) is 1.60. The Hall–Kier alpha value is -2.31. The van der Waals surface area contributed by atoms with Crippen LogP contribution >= 0.6 is 0 Å². The van der Waals surface area contributed by atoms with E-state index in [1.165, 1.54) is 0 Å². The van der Waals surface area contributed by atoms with E-state index >= 15 is 0 Å². The quantitative estimate of drug-likeness (QED) is 0.576. The van der Waals surface area contributed by atoms with Crippen LogP contribution in [0.25, 0.3) is 0 Å². The highest BCUT2D eigenvalue weighted by atomic mass is 16.7. The molecule has 0 saturated carbocycles. The highest BCUT2D eigenvalue weighted by Crippen LogP contribution is 2.49. The number of β-lactam (4-membered cyclic amide) rings is 1. The standard InChI is InChI=1S/C18H21NO5/c1-4-23-18(24-5-2)16(15-7-6-12-22-15)19(17(18)20)13-8-10-14(21-3)11-9-13/h6-12,16H,4-5H2,1-3H3. The molecule has 3 rings (SSSR count). The maximum absolute atomic E-state index is 12.9. The molecule has 6 nitrogen and oxygen atoms in total. The highest BCUT2D eigenvalue weighted by Gasteiger charge is 2.66. The van der Waals surface area contributed by atoms with Crippen molar-refractivity contribution in [3.8, 4) is 5.75 Å². The van der Waals surface area contributed by atoms with E-state index in [1.54, 1.807) is 24.3 Å². The topological polar surface area (TPSA) is 61.1 Å². The van der Waals surface area contributed by atoms with Crippen molar-refractivity contribution in [2.75, 3.05) is 25.2 Å². The van der Waals surface area contributed by atoms with Gasteiger partial charge in [0.15, 0.2) is 6.04 Å². The lowest BCUT2D eigenvalue weighted by Crippen LogP contribution is -2.71. The number of ether oxygens (including phenoxy) is 3. The van der Waals surface area contributed by atoms with Crippen LogP contribution in [0.5, 0.6) is 5.75 Å². The zero-order valence-electron chi connectivity index (χ0n) is 14.0. The number of carbonyl (C=O) groups excluding carboxylic acids is 1. The lowest BCUT2D eigenvalue weighted by molar-refractivity contribution is -0.260. The summed E-state index contributed by atoms with van der Waals surface area (Å²) >= 11 is 0. The number of anilines is 1. The molecule has 1 aromatic heterocycles. The largest absolute Gasteiger partial charge is 0.497 e. The first-order valence-corrected chi connectivity index (χ1v) is 7.97. The molecule has 1 fully saturated rings. The van der Waals surface area contributed by atoms with Crippen LogP contribution in [-0.4, -0.2) is 32.0 Å². The van der Waals surface area contributed by atoms with Crippen LogP contribution in [0.3, 0.4) is 0 Å². The summed E-state index contributed by atoms with van der Waals surface area (Å²) in [5.74, 6) is -0.242. The number of methoxy groups -OCH3 is 1. The number of nitrogens with zero attached hydrogens (tertiary/aromatic N) is 1. The predicted molar refractivity (Wildman–Crippen MR) is 87.9 cm³/mol. The molecular formula is C18H21NO5. The molecule has 1 saturated heterocycles. The molecule has 0 radical (unpaired) electrons. The molecule has 128 valence electrons. The Kier molecular flexibility index (Phi) is 4.59. The number of hydrogen-bond acceptors (Lipinski definition) is 5. The fourth-order valence-electron chi connectivity index (χ4n) is 3.03. The van der Waals surface area contributed by atoms with Crippen LogP contribution in [0.15, 0.2) is 47.1 Å². The minimum Gasteiger partial charge on any atom is -0.497 e. The maximum atomic E-state index is 12.9. The zero-order valence-corrected chi connectivity index (χ0v) is 14.0. The van der Waals surface area contributed by atoms with Crippen LogP contribution in [0, 0.1) is 0 Å². The van der Waals surface area contributed by atoms with E-state index < -0.39 is 11.8 Å². The molecule has 1 aliphatic rings. The normalized spacial score (nSPS) is 19.2. The van der Waals surface area contributed by atoms with Gasteiger partial charge >= 0.3 is 0 Å². The second-order valence-electron chi connectivity index (χ2n) is 5.32. The smallest absolute Gasteiger partial charge is 0.291 e. The fraction of sp³-hybridized carbons (Fsp3) is 0.389. The van der Waals surface area contributed by atoms with Crippen molar-refractivity contribution < 1.29 is 23.4 Å². The summed E-state index contributed by atoms with van der Waals surface area (Å²) in [5.41, 5.74) is 0.734. The van der Waals surface area contributed by atoms with E-state index in [2.05, 4.69) is 0 Å². The number of amides is 1. The van der Waals surface area contributed by atoms with Gasteiger partial charge in [0.2, 0.25) is 0 Å². The number of hydrogen-bond donors (Lipinski definition) is 0. The second kappa shape index (κ2) is 6.67. The van der Waals surface area contributed by atoms with Gasteiger partial charge in [0.25, 0.3) is 11.7 Å². The predicted octanol–water partition coefficient (Wildman–Crippen LogP) is 3.15. The first-order chi connectivity index (χ1) is 11.7. The molecule has 6 heteroatoms. The molecule has 0 aliphatic carbocycles. The van der Waals surface area contributed by atoms with E-state index in [-0.39, 0.29) is 5.91 Å². The van der Waals surface area contributed by atoms with Crippen LogP contribution in [0.4, 0.5) is 5.69 Å². The third-order valence-corrected chi connectivity index (χ3v) is 4.02. The van der Waals surface area contributed by atoms with E-state index in [0.717, 1.165) is 11.4 Å². The van der Waals surface area contributed by atoms with Crippen molar-refractivity contribution in [1.29, 1.82) is 0 Å². The molecule has 0 N–H and O–H groups in total. The van der Waals surface area contributed by atoms with Gasteiger partial charge < -0.3 is 18.6 Å². The summed E-state index contributed by atoms with van der Waals surface area (Å²) in [4.78, 5) is 14.6. The Morgan fingerprint density at radius 3 is 2.29 bits per heavy atom. The summed E-state index contributed by atoms with van der Waals surface area (Å²) in [5, 5.41) is 0. The Balaban J connectivity index is 2.00. The minimum atomic E-state index is -1.35. The summed E-state index contributed by atoms with van der Waals surface area (Å²) in [6, 6.07) is 10.4. The fourth-order valence-corrected chi connectivity index (χ4v) is 3.03. The molecule has 24 heavy (non-hydrogen) atoms. The van der Waals surface area contributed by atoms with Gasteiger partial charge in [0.05, 0.1) is 13.4 Å². The average Bonchev–Trinajstić information content (AvgIpc) is 3.12. The van der Waals surface area contributed by atoms with Crippen LogP contribution in [-0.2, 0) is 14.3 Å². The van der Waals surface area contributed by atoms with Gasteiger partial charge in [-0.05, 0) is 50.2 Å². The Morgan fingerprint density at radius 2 is 1.79 bits per heavy atom. The van der Waals surface area contributed by atoms with Gasteiger partial charge in [-0.25, -0.2) is 0 Å². The van der Waals surface area contributed by atoms with Gasteiger partial charge in [-0.15, -0.1) is 0 Å². The molecule has 1 unspecified atom stereocenters. The van der Waals surface area contributed by atoms with E-state index in [4.69, 9.17) is 18.6 Å². The van der Waals surface area contributed by atoms with Gasteiger partial charge in [-0.2, -0.15) is 0 Å². The van der Waals surface area contributed by atoms with E-state index in [9.17, 15) is 4.79 Å². The van der Waals surface area contributed by atoms with E-state index in [0.29, 0.717) is 19.0 Å². The Labute approximate surface area is 140 Å². The molecule has 1 aliphatic heterocycles. The average molecular weight is 331 g/mol. The molecule has 1 atom stereocenters. The Bertz CT molecular complexity index is 674.